The molecule has 1 rings (SSSR count). The maximum absolute atomic E-state index is 13.3. The molecule has 3 heteroatoms. The van der Waals surface area contributed by atoms with Crippen molar-refractivity contribution < 1.29 is 13.9 Å². The van der Waals surface area contributed by atoms with Crippen molar-refractivity contribution in [3.05, 3.63) is 48.1 Å². The Morgan fingerprint density at radius 2 is 1.83 bits per heavy atom. The molecule has 0 aliphatic rings. The van der Waals surface area contributed by atoms with E-state index in [1.165, 1.54) is 18.2 Å². The van der Waals surface area contributed by atoms with E-state index >= 15 is 0 Å². The standard InChI is InChI=1S/C15H20F2O/c1-2-3-4-5-6-8-12(18)11-13-14(16)9-7-10-15(13)17/h2,7,9-10,12,18H,1,3-6,8,11H2. The Hall–Kier alpha value is -1.22. The summed E-state index contributed by atoms with van der Waals surface area (Å²) in [4.78, 5) is 0. The van der Waals surface area contributed by atoms with E-state index in [1.54, 1.807) is 0 Å². The Morgan fingerprint density at radius 1 is 1.17 bits per heavy atom. The van der Waals surface area contributed by atoms with Crippen LogP contribution < -0.4 is 0 Å². The minimum Gasteiger partial charge on any atom is -0.393 e. The van der Waals surface area contributed by atoms with Gasteiger partial charge in [-0.05, 0) is 31.4 Å². The molecule has 0 fully saturated rings. The van der Waals surface area contributed by atoms with Gasteiger partial charge in [-0.15, -0.1) is 6.58 Å². The normalized spacial score (nSPS) is 12.4. The lowest BCUT2D eigenvalue weighted by atomic mass is 10.0. The number of rotatable bonds is 8. The second-order valence-corrected chi connectivity index (χ2v) is 4.48. The Bertz CT molecular complexity index is 357. The molecule has 0 bridgehead atoms. The molecular weight excluding hydrogens is 234 g/mol. The van der Waals surface area contributed by atoms with Crippen molar-refractivity contribution in [3.63, 3.8) is 0 Å². The zero-order valence-electron chi connectivity index (χ0n) is 10.5. The molecule has 0 saturated carbocycles. The van der Waals surface area contributed by atoms with Crippen LogP contribution in [0.25, 0.3) is 0 Å². The highest BCUT2D eigenvalue weighted by atomic mass is 19.1. The number of hydrogen-bond donors (Lipinski definition) is 1. The Kier molecular flexibility index (Phi) is 6.58. The van der Waals surface area contributed by atoms with Crippen LogP contribution in [0.4, 0.5) is 8.78 Å². The van der Waals surface area contributed by atoms with Crippen LogP contribution in [0.5, 0.6) is 0 Å². The number of aliphatic hydroxyl groups is 1. The van der Waals surface area contributed by atoms with E-state index in [4.69, 9.17) is 0 Å². The van der Waals surface area contributed by atoms with Gasteiger partial charge < -0.3 is 5.11 Å². The average molecular weight is 254 g/mol. The van der Waals surface area contributed by atoms with Crippen molar-refractivity contribution in [2.24, 2.45) is 0 Å². The van der Waals surface area contributed by atoms with Gasteiger partial charge >= 0.3 is 0 Å². The van der Waals surface area contributed by atoms with Crippen molar-refractivity contribution in [1.82, 2.24) is 0 Å². The average Bonchev–Trinajstić information content (AvgIpc) is 2.34. The van der Waals surface area contributed by atoms with Gasteiger partial charge in [-0.1, -0.05) is 25.0 Å². The predicted molar refractivity (Wildman–Crippen MR) is 69.4 cm³/mol. The SMILES string of the molecule is C=CCCCCCC(O)Cc1c(F)cccc1F. The summed E-state index contributed by atoms with van der Waals surface area (Å²) in [6.45, 7) is 3.64. The van der Waals surface area contributed by atoms with Crippen molar-refractivity contribution in [1.29, 1.82) is 0 Å². The van der Waals surface area contributed by atoms with Crippen LogP contribution in [-0.4, -0.2) is 11.2 Å². The molecule has 18 heavy (non-hydrogen) atoms. The molecule has 1 aromatic rings. The molecule has 0 spiro atoms. The quantitative estimate of drug-likeness (QED) is 0.549. The first kappa shape index (κ1) is 14.8. The Labute approximate surface area is 107 Å². The lowest BCUT2D eigenvalue weighted by Crippen LogP contribution is -2.12. The smallest absolute Gasteiger partial charge is 0.129 e. The summed E-state index contributed by atoms with van der Waals surface area (Å²) in [5, 5.41) is 9.75. The second-order valence-electron chi connectivity index (χ2n) is 4.48. The van der Waals surface area contributed by atoms with Gasteiger partial charge in [-0.25, -0.2) is 8.78 Å². The minimum atomic E-state index is -0.680. The van der Waals surface area contributed by atoms with Crippen LogP contribution in [0.3, 0.4) is 0 Å². The first-order chi connectivity index (χ1) is 8.65. The van der Waals surface area contributed by atoms with Gasteiger partial charge in [0.2, 0.25) is 0 Å². The highest BCUT2D eigenvalue weighted by molar-refractivity contribution is 5.20. The Morgan fingerprint density at radius 3 is 2.44 bits per heavy atom. The zero-order chi connectivity index (χ0) is 13.4. The molecule has 1 atom stereocenters. The molecular formula is C15H20F2O. The molecule has 1 unspecified atom stereocenters. The van der Waals surface area contributed by atoms with Crippen LogP contribution in [0, 0.1) is 11.6 Å². The summed E-state index contributed by atoms with van der Waals surface area (Å²) >= 11 is 0. The molecule has 0 saturated heterocycles. The summed E-state index contributed by atoms with van der Waals surface area (Å²) in [5.41, 5.74) is -0.0175. The zero-order valence-corrected chi connectivity index (χ0v) is 10.5. The highest BCUT2D eigenvalue weighted by Gasteiger charge is 2.13. The molecule has 0 aliphatic carbocycles. The summed E-state index contributed by atoms with van der Waals surface area (Å²) in [7, 11) is 0. The van der Waals surface area contributed by atoms with E-state index in [9.17, 15) is 13.9 Å². The van der Waals surface area contributed by atoms with Gasteiger partial charge in [0.25, 0.3) is 0 Å². The minimum absolute atomic E-state index is 0.0175. The van der Waals surface area contributed by atoms with Crippen LogP contribution in [0.15, 0.2) is 30.9 Å². The van der Waals surface area contributed by atoms with Gasteiger partial charge in [0.05, 0.1) is 6.10 Å². The fraction of sp³-hybridized carbons (Fsp3) is 0.467. The molecule has 1 nitrogen and oxygen atoms in total. The third-order valence-electron chi connectivity index (χ3n) is 2.95. The van der Waals surface area contributed by atoms with Gasteiger partial charge in [-0.2, -0.15) is 0 Å². The molecule has 0 aromatic heterocycles. The third kappa shape index (κ3) is 4.96. The molecule has 0 aliphatic heterocycles. The fourth-order valence-corrected chi connectivity index (χ4v) is 1.91. The topological polar surface area (TPSA) is 20.2 Å². The van der Waals surface area contributed by atoms with Crippen molar-refractivity contribution >= 4 is 0 Å². The van der Waals surface area contributed by atoms with Gasteiger partial charge in [0, 0.05) is 12.0 Å². The maximum atomic E-state index is 13.3. The molecule has 0 radical (unpaired) electrons. The van der Waals surface area contributed by atoms with Crippen LogP contribution in [0.1, 0.15) is 37.7 Å². The largest absolute Gasteiger partial charge is 0.393 e. The lowest BCUT2D eigenvalue weighted by Gasteiger charge is -2.11. The maximum Gasteiger partial charge on any atom is 0.129 e. The Balaban J connectivity index is 2.35. The molecule has 1 aromatic carbocycles. The van der Waals surface area contributed by atoms with Crippen molar-refractivity contribution in [3.8, 4) is 0 Å². The summed E-state index contributed by atoms with van der Waals surface area (Å²) in [6, 6.07) is 3.76. The first-order valence-electron chi connectivity index (χ1n) is 6.37. The number of allylic oxidation sites excluding steroid dienone is 1. The van der Waals surface area contributed by atoms with Crippen molar-refractivity contribution in [2.45, 2.75) is 44.6 Å². The van der Waals surface area contributed by atoms with E-state index in [2.05, 4.69) is 6.58 Å². The molecule has 0 heterocycles. The van der Waals surface area contributed by atoms with Crippen LogP contribution in [0.2, 0.25) is 0 Å². The number of unbranched alkanes of at least 4 members (excludes halogenated alkanes) is 3. The van der Waals surface area contributed by atoms with Crippen LogP contribution in [-0.2, 0) is 6.42 Å². The van der Waals surface area contributed by atoms with Gasteiger partial charge in [-0.3, -0.25) is 0 Å². The third-order valence-corrected chi connectivity index (χ3v) is 2.95. The summed E-state index contributed by atoms with van der Waals surface area (Å²) in [6.07, 6.45) is 5.69. The number of aliphatic hydroxyl groups excluding tert-OH is 1. The van der Waals surface area contributed by atoms with Gasteiger partial charge in [0.1, 0.15) is 11.6 Å². The number of halogens is 2. The van der Waals surface area contributed by atoms with Crippen molar-refractivity contribution in [2.75, 3.05) is 0 Å². The second kappa shape index (κ2) is 7.98. The van der Waals surface area contributed by atoms with E-state index in [0.29, 0.717) is 6.42 Å². The fourth-order valence-electron chi connectivity index (χ4n) is 1.91. The molecule has 100 valence electrons. The van der Waals surface area contributed by atoms with Gasteiger partial charge in [0.15, 0.2) is 0 Å². The summed E-state index contributed by atoms with van der Waals surface area (Å²) in [5.74, 6) is -1.17. The van der Waals surface area contributed by atoms with E-state index in [0.717, 1.165) is 25.7 Å². The predicted octanol–water partition coefficient (Wildman–Crippen LogP) is 4.00. The van der Waals surface area contributed by atoms with Crippen LogP contribution >= 0.6 is 0 Å². The van der Waals surface area contributed by atoms with E-state index < -0.39 is 17.7 Å². The number of benzene rings is 1. The highest BCUT2D eigenvalue weighted by Crippen LogP contribution is 2.16. The molecule has 1 N–H and O–H groups in total. The summed E-state index contributed by atoms with van der Waals surface area (Å²) < 4.78 is 26.7. The van der Waals surface area contributed by atoms with E-state index in [-0.39, 0.29) is 12.0 Å². The molecule has 0 amide bonds. The first-order valence-corrected chi connectivity index (χ1v) is 6.37. The lowest BCUT2D eigenvalue weighted by molar-refractivity contribution is 0.158. The number of hydrogen-bond acceptors (Lipinski definition) is 1. The monoisotopic (exact) mass is 254 g/mol. The van der Waals surface area contributed by atoms with E-state index in [1.807, 2.05) is 6.08 Å².